The van der Waals surface area contributed by atoms with Gasteiger partial charge in [0.25, 0.3) is 0 Å². The number of rotatable bonds is 6. The predicted molar refractivity (Wildman–Crippen MR) is 91.6 cm³/mol. The monoisotopic (exact) mass is 313 g/mol. The van der Waals surface area contributed by atoms with Crippen LogP contribution in [-0.2, 0) is 4.79 Å². The van der Waals surface area contributed by atoms with Gasteiger partial charge in [0.15, 0.2) is 5.78 Å². The maximum absolute atomic E-state index is 12.0. The molecule has 0 aliphatic heterocycles. The minimum atomic E-state index is -0.0342. The first-order chi connectivity index (χ1) is 10.6. The van der Waals surface area contributed by atoms with Crippen LogP contribution in [0.25, 0.3) is 0 Å². The van der Waals surface area contributed by atoms with Crippen LogP contribution in [0.1, 0.15) is 29.3 Å². The van der Waals surface area contributed by atoms with Gasteiger partial charge >= 0.3 is 0 Å². The van der Waals surface area contributed by atoms with Gasteiger partial charge in [-0.05, 0) is 30.7 Å². The van der Waals surface area contributed by atoms with E-state index in [0.29, 0.717) is 12.2 Å². The van der Waals surface area contributed by atoms with E-state index in [1.54, 1.807) is 0 Å². The number of aryl methyl sites for hydroxylation is 1. The minimum Gasteiger partial charge on any atom is -0.325 e. The van der Waals surface area contributed by atoms with E-state index in [-0.39, 0.29) is 11.7 Å². The van der Waals surface area contributed by atoms with Crippen molar-refractivity contribution in [2.45, 2.75) is 25.2 Å². The highest BCUT2D eigenvalue weighted by Gasteiger charge is 2.06. The summed E-state index contributed by atoms with van der Waals surface area (Å²) in [6.07, 6.45) is 0.505. The average Bonchev–Trinajstić information content (AvgIpc) is 2.55. The van der Waals surface area contributed by atoms with E-state index in [1.807, 2.05) is 62.4 Å². The molecule has 0 saturated heterocycles. The second kappa shape index (κ2) is 7.80. The number of anilines is 1. The molecule has 0 spiro atoms. The van der Waals surface area contributed by atoms with Gasteiger partial charge in [0, 0.05) is 22.6 Å². The Hall–Kier alpha value is -2.07. The third kappa shape index (κ3) is 4.46. The van der Waals surface area contributed by atoms with Gasteiger partial charge in [0.1, 0.15) is 0 Å². The number of carbonyl (C=O) groups is 2. The fraction of sp³-hybridized carbons (Fsp3) is 0.222. The number of benzene rings is 2. The molecule has 0 saturated carbocycles. The van der Waals surface area contributed by atoms with Crippen molar-refractivity contribution in [3.05, 3.63) is 59.7 Å². The standard InChI is InChI=1S/C18H19NO2S/c1-3-17(20)14-8-10-15(11-9-14)22-12-18(21)19-16-7-5-4-6-13(16)2/h4-11H,3,12H2,1-2H3,(H,19,21). The van der Waals surface area contributed by atoms with Crippen LogP contribution in [0.2, 0.25) is 0 Å². The second-order valence-corrected chi connectivity index (χ2v) is 6.00. The van der Waals surface area contributed by atoms with E-state index in [9.17, 15) is 9.59 Å². The molecule has 0 bridgehead atoms. The first kappa shape index (κ1) is 16.3. The molecule has 0 aromatic heterocycles. The van der Waals surface area contributed by atoms with E-state index in [4.69, 9.17) is 0 Å². The van der Waals surface area contributed by atoms with Gasteiger partial charge in [-0.25, -0.2) is 0 Å². The number of carbonyl (C=O) groups excluding carboxylic acids is 2. The molecule has 22 heavy (non-hydrogen) atoms. The molecule has 114 valence electrons. The van der Waals surface area contributed by atoms with Crippen LogP contribution < -0.4 is 5.32 Å². The van der Waals surface area contributed by atoms with E-state index >= 15 is 0 Å². The zero-order valence-corrected chi connectivity index (χ0v) is 13.6. The van der Waals surface area contributed by atoms with Gasteiger partial charge < -0.3 is 5.32 Å². The Labute approximate surface area is 135 Å². The highest BCUT2D eigenvalue weighted by molar-refractivity contribution is 8.00. The molecule has 0 unspecified atom stereocenters. The fourth-order valence-corrected chi connectivity index (χ4v) is 2.69. The maximum Gasteiger partial charge on any atom is 0.234 e. The number of Topliss-reactive ketones (excluding diaryl/α,β-unsaturated/α-hetero) is 1. The molecule has 0 heterocycles. The van der Waals surface area contributed by atoms with Gasteiger partial charge in [-0.2, -0.15) is 0 Å². The van der Waals surface area contributed by atoms with E-state index in [0.717, 1.165) is 21.7 Å². The Morgan fingerprint density at radius 1 is 1.05 bits per heavy atom. The molecule has 2 aromatic rings. The van der Waals surface area contributed by atoms with Crippen molar-refractivity contribution in [1.82, 2.24) is 0 Å². The van der Waals surface area contributed by atoms with E-state index in [2.05, 4.69) is 5.32 Å². The smallest absolute Gasteiger partial charge is 0.234 e. The molecule has 1 N–H and O–H groups in total. The Morgan fingerprint density at radius 2 is 1.73 bits per heavy atom. The van der Waals surface area contributed by atoms with E-state index < -0.39 is 0 Å². The first-order valence-corrected chi connectivity index (χ1v) is 8.20. The highest BCUT2D eigenvalue weighted by Crippen LogP contribution is 2.20. The summed E-state index contributed by atoms with van der Waals surface area (Å²) in [6.45, 7) is 3.81. The molecule has 2 rings (SSSR count). The van der Waals surface area contributed by atoms with Gasteiger partial charge in [0.2, 0.25) is 5.91 Å². The minimum absolute atomic E-state index is 0.0342. The number of hydrogen-bond acceptors (Lipinski definition) is 3. The van der Waals surface area contributed by atoms with Crippen molar-refractivity contribution in [3.63, 3.8) is 0 Å². The summed E-state index contributed by atoms with van der Waals surface area (Å²) in [5.74, 6) is 0.442. The number of thioether (sulfide) groups is 1. The van der Waals surface area contributed by atoms with Gasteiger partial charge in [-0.1, -0.05) is 37.3 Å². The number of nitrogens with one attached hydrogen (secondary N) is 1. The van der Waals surface area contributed by atoms with Crippen LogP contribution in [0.15, 0.2) is 53.4 Å². The van der Waals surface area contributed by atoms with Crippen LogP contribution in [-0.4, -0.2) is 17.4 Å². The van der Waals surface area contributed by atoms with Crippen molar-refractivity contribution in [3.8, 4) is 0 Å². The Bertz CT molecular complexity index is 665. The zero-order valence-electron chi connectivity index (χ0n) is 12.8. The van der Waals surface area contributed by atoms with E-state index in [1.165, 1.54) is 11.8 Å². The number of hydrogen-bond donors (Lipinski definition) is 1. The molecule has 1 amide bonds. The third-order valence-corrected chi connectivity index (χ3v) is 4.30. The lowest BCUT2D eigenvalue weighted by Crippen LogP contribution is -2.14. The molecule has 2 aromatic carbocycles. The fourth-order valence-electron chi connectivity index (χ4n) is 1.99. The van der Waals surface area contributed by atoms with Crippen molar-refractivity contribution < 1.29 is 9.59 Å². The lowest BCUT2D eigenvalue weighted by atomic mass is 10.1. The Morgan fingerprint density at radius 3 is 2.36 bits per heavy atom. The molecule has 4 heteroatoms. The van der Waals surface area contributed by atoms with Gasteiger partial charge in [0.05, 0.1) is 5.75 Å². The Kier molecular flexibility index (Phi) is 5.78. The summed E-state index contributed by atoms with van der Waals surface area (Å²) in [7, 11) is 0. The van der Waals surface area contributed by atoms with Gasteiger partial charge in [-0.3, -0.25) is 9.59 Å². The van der Waals surface area contributed by atoms with Crippen molar-refractivity contribution in [2.75, 3.05) is 11.1 Å². The summed E-state index contributed by atoms with van der Waals surface area (Å²) in [5.41, 5.74) is 2.61. The first-order valence-electron chi connectivity index (χ1n) is 7.21. The Balaban J connectivity index is 1.89. The number of ketones is 1. The molecule has 0 fully saturated rings. The van der Waals surface area contributed by atoms with Gasteiger partial charge in [-0.15, -0.1) is 11.8 Å². The van der Waals surface area contributed by atoms with Crippen LogP contribution in [0.5, 0.6) is 0 Å². The van der Waals surface area contributed by atoms with Crippen molar-refractivity contribution in [2.24, 2.45) is 0 Å². The van der Waals surface area contributed by atoms with Crippen LogP contribution >= 0.6 is 11.8 Å². The predicted octanol–water partition coefficient (Wildman–Crippen LogP) is 4.32. The van der Waals surface area contributed by atoms with Crippen LogP contribution in [0.3, 0.4) is 0 Å². The highest BCUT2D eigenvalue weighted by atomic mass is 32.2. The van der Waals surface area contributed by atoms with Crippen LogP contribution in [0.4, 0.5) is 5.69 Å². The summed E-state index contributed by atoms with van der Waals surface area (Å²) in [6, 6.07) is 15.1. The topological polar surface area (TPSA) is 46.2 Å². The SMILES string of the molecule is CCC(=O)c1ccc(SCC(=O)Nc2ccccc2C)cc1. The average molecular weight is 313 g/mol. The molecule has 0 aliphatic rings. The number of para-hydroxylation sites is 1. The third-order valence-electron chi connectivity index (χ3n) is 3.29. The molecule has 0 atom stereocenters. The largest absolute Gasteiger partial charge is 0.325 e. The van der Waals surface area contributed by atoms with Crippen LogP contribution in [0, 0.1) is 6.92 Å². The summed E-state index contributed by atoms with van der Waals surface area (Å²) >= 11 is 1.46. The maximum atomic E-state index is 12.0. The summed E-state index contributed by atoms with van der Waals surface area (Å²) in [5, 5.41) is 2.91. The zero-order chi connectivity index (χ0) is 15.9. The molecule has 0 radical (unpaired) electrons. The second-order valence-electron chi connectivity index (χ2n) is 4.95. The quantitative estimate of drug-likeness (QED) is 0.638. The lowest BCUT2D eigenvalue weighted by molar-refractivity contribution is -0.113. The van der Waals surface area contributed by atoms with Crippen molar-refractivity contribution in [1.29, 1.82) is 0 Å². The normalized spacial score (nSPS) is 10.3. The molecular formula is C18H19NO2S. The lowest BCUT2D eigenvalue weighted by Gasteiger charge is -2.08. The summed E-state index contributed by atoms with van der Waals surface area (Å²) < 4.78 is 0. The molecule has 0 aliphatic carbocycles. The number of amides is 1. The summed E-state index contributed by atoms with van der Waals surface area (Å²) in [4.78, 5) is 24.5. The van der Waals surface area contributed by atoms with Crippen molar-refractivity contribution >= 4 is 29.1 Å². The molecular weight excluding hydrogens is 294 g/mol. The molecule has 3 nitrogen and oxygen atoms in total.